The molecular formula is C19H21N5O. The molecular weight excluding hydrogens is 314 g/mol. The first-order valence-electron chi connectivity index (χ1n) is 8.43. The molecule has 1 aromatic heterocycles. The van der Waals surface area contributed by atoms with Crippen LogP contribution in [0.2, 0.25) is 0 Å². The van der Waals surface area contributed by atoms with E-state index in [0.29, 0.717) is 23.8 Å². The lowest BCUT2D eigenvalue weighted by Gasteiger charge is -2.16. The van der Waals surface area contributed by atoms with Crippen molar-refractivity contribution < 1.29 is 4.79 Å². The van der Waals surface area contributed by atoms with Gasteiger partial charge in [0.15, 0.2) is 0 Å². The smallest absolute Gasteiger partial charge is 0.319 e. The number of aromatic nitrogens is 1. The quantitative estimate of drug-likeness (QED) is 0.880. The summed E-state index contributed by atoms with van der Waals surface area (Å²) >= 11 is 0. The lowest BCUT2D eigenvalue weighted by atomic mass is 9.99. The largest absolute Gasteiger partial charge is 0.337 e. The number of rotatable bonds is 5. The molecule has 0 aliphatic carbocycles. The van der Waals surface area contributed by atoms with Crippen LogP contribution in [0.3, 0.4) is 0 Å². The number of amides is 2. The Morgan fingerprint density at radius 1 is 1.28 bits per heavy atom. The number of carbonyl (C=O) groups excluding carboxylic acids is 1. The van der Waals surface area contributed by atoms with Crippen molar-refractivity contribution in [3.63, 3.8) is 0 Å². The molecule has 0 spiro atoms. The summed E-state index contributed by atoms with van der Waals surface area (Å²) in [5.41, 5.74) is 2.29. The standard InChI is InChI=1S/C19H21N5O/c20-12-17-6-7-18(13-22-17)23-19(25)21-9-11-24-10-8-16(14-24)15-4-2-1-3-5-15/h1-7,13,16H,8-11,14H2,(H2,21,23,25)/t16-/m0/s1. The third-order valence-corrected chi connectivity index (χ3v) is 4.39. The number of hydrogen-bond donors (Lipinski definition) is 2. The second-order valence-electron chi connectivity index (χ2n) is 6.12. The van der Waals surface area contributed by atoms with Crippen LogP contribution in [0.15, 0.2) is 48.7 Å². The van der Waals surface area contributed by atoms with Crippen molar-refractivity contribution in [2.24, 2.45) is 0 Å². The Labute approximate surface area is 147 Å². The highest BCUT2D eigenvalue weighted by molar-refractivity contribution is 5.88. The monoisotopic (exact) mass is 335 g/mol. The summed E-state index contributed by atoms with van der Waals surface area (Å²) in [6.45, 7) is 3.52. The van der Waals surface area contributed by atoms with Gasteiger partial charge in [0.2, 0.25) is 0 Å². The fraction of sp³-hybridized carbons (Fsp3) is 0.316. The SMILES string of the molecule is N#Cc1ccc(NC(=O)NCCN2CC[C@H](c3ccccc3)C2)cn1. The second-order valence-corrected chi connectivity index (χ2v) is 6.12. The van der Waals surface area contributed by atoms with Gasteiger partial charge in [-0.15, -0.1) is 0 Å². The van der Waals surface area contributed by atoms with E-state index in [-0.39, 0.29) is 6.03 Å². The number of likely N-dealkylation sites (tertiary alicyclic amines) is 1. The molecule has 1 aromatic carbocycles. The van der Waals surface area contributed by atoms with Crippen molar-refractivity contribution in [1.82, 2.24) is 15.2 Å². The molecule has 1 fully saturated rings. The molecule has 1 saturated heterocycles. The van der Waals surface area contributed by atoms with Crippen molar-refractivity contribution in [2.45, 2.75) is 12.3 Å². The Hall–Kier alpha value is -2.91. The van der Waals surface area contributed by atoms with Gasteiger partial charge in [0.05, 0.1) is 11.9 Å². The third-order valence-electron chi connectivity index (χ3n) is 4.39. The number of nitrogens with one attached hydrogen (secondary N) is 2. The topological polar surface area (TPSA) is 81.0 Å². The number of urea groups is 1. The minimum atomic E-state index is -0.259. The van der Waals surface area contributed by atoms with E-state index in [9.17, 15) is 4.79 Å². The van der Waals surface area contributed by atoms with E-state index in [2.05, 4.69) is 44.8 Å². The summed E-state index contributed by atoms with van der Waals surface area (Å²) in [4.78, 5) is 18.2. The molecule has 0 saturated carbocycles. The van der Waals surface area contributed by atoms with Gasteiger partial charge in [0.1, 0.15) is 11.8 Å². The Balaban J connectivity index is 1.38. The molecule has 6 heteroatoms. The van der Waals surface area contributed by atoms with Gasteiger partial charge in [-0.1, -0.05) is 30.3 Å². The van der Waals surface area contributed by atoms with Gasteiger partial charge in [0.25, 0.3) is 0 Å². The average Bonchev–Trinajstić information content (AvgIpc) is 3.12. The van der Waals surface area contributed by atoms with Crippen LogP contribution in [-0.4, -0.2) is 42.1 Å². The molecule has 2 heterocycles. The normalized spacial score (nSPS) is 17.0. The van der Waals surface area contributed by atoms with Crippen LogP contribution in [0.4, 0.5) is 10.5 Å². The van der Waals surface area contributed by atoms with Crippen molar-refractivity contribution in [1.29, 1.82) is 5.26 Å². The predicted molar refractivity (Wildman–Crippen MR) is 96.2 cm³/mol. The maximum Gasteiger partial charge on any atom is 0.319 e. The zero-order valence-corrected chi connectivity index (χ0v) is 14.0. The summed E-state index contributed by atoms with van der Waals surface area (Å²) in [6, 6.07) is 15.5. The molecule has 1 aliphatic rings. The molecule has 2 N–H and O–H groups in total. The van der Waals surface area contributed by atoms with Crippen LogP contribution in [0.1, 0.15) is 23.6 Å². The highest BCUT2D eigenvalue weighted by atomic mass is 16.2. The third kappa shape index (κ3) is 4.78. The van der Waals surface area contributed by atoms with Crippen molar-refractivity contribution in [2.75, 3.05) is 31.5 Å². The van der Waals surface area contributed by atoms with Gasteiger partial charge >= 0.3 is 6.03 Å². The lowest BCUT2D eigenvalue weighted by Crippen LogP contribution is -2.36. The zero-order valence-electron chi connectivity index (χ0n) is 14.0. The molecule has 128 valence electrons. The number of benzene rings is 1. The number of pyridine rings is 1. The van der Waals surface area contributed by atoms with E-state index in [1.54, 1.807) is 12.1 Å². The van der Waals surface area contributed by atoms with E-state index < -0.39 is 0 Å². The van der Waals surface area contributed by atoms with Crippen LogP contribution < -0.4 is 10.6 Å². The minimum absolute atomic E-state index is 0.259. The van der Waals surface area contributed by atoms with Crippen LogP contribution >= 0.6 is 0 Å². The maximum atomic E-state index is 11.9. The Kier molecular flexibility index (Phi) is 5.60. The van der Waals surface area contributed by atoms with Gasteiger partial charge in [-0.25, -0.2) is 9.78 Å². The van der Waals surface area contributed by atoms with Gasteiger partial charge < -0.3 is 15.5 Å². The number of anilines is 1. The van der Waals surface area contributed by atoms with E-state index in [1.165, 1.54) is 11.8 Å². The fourth-order valence-electron chi connectivity index (χ4n) is 3.07. The summed E-state index contributed by atoms with van der Waals surface area (Å²) in [6.07, 6.45) is 2.64. The number of nitriles is 1. The van der Waals surface area contributed by atoms with Crippen LogP contribution in [-0.2, 0) is 0 Å². The average molecular weight is 335 g/mol. The molecule has 0 radical (unpaired) electrons. The van der Waals surface area contributed by atoms with Gasteiger partial charge in [-0.05, 0) is 36.6 Å². The lowest BCUT2D eigenvalue weighted by molar-refractivity contribution is 0.249. The van der Waals surface area contributed by atoms with E-state index in [1.807, 2.05) is 12.1 Å². The highest BCUT2D eigenvalue weighted by Crippen LogP contribution is 2.26. The second kappa shape index (κ2) is 8.27. The number of hydrogen-bond acceptors (Lipinski definition) is 4. The molecule has 2 aromatic rings. The van der Waals surface area contributed by atoms with Gasteiger partial charge in [0, 0.05) is 19.6 Å². The van der Waals surface area contributed by atoms with E-state index >= 15 is 0 Å². The Morgan fingerprint density at radius 2 is 2.12 bits per heavy atom. The molecule has 3 rings (SSSR count). The molecule has 6 nitrogen and oxygen atoms in total. The Morgan fingerprint density at radius 3 is 2.84 bits per heavy atom. The van der Waals surface area contributed by atoms with E-state index in [4.69, 9.17) is 5.26 Å². The number of nitrogens with zero attached hydrogens (tertiary/aromatic N) is 3. The molecule has 2 amide bonds. The first-order chi connectivity index (χ1) is 12.2. The van der Waals surface area contributed by atoms with Crippen molar-refractivity contribution in [3.8, 4) is 6.07 Å². The van der Waals surface area contributed by atoms with E-state index in [0.717, 1.165) is 26.1 Å². The van der Waals surface area contributed by atoms with Crippen molar-refractivity contribution in [3.05, 3.63) is 59.9 Å². The molecule has 0 unspecified atom stereocenters. The van der Waals surface area contributed by atoms with Crippen LogP contribution in [0.25, 0.3) is 0 Å². The van der Waals surface area contributed by atoms with Crippen LogP contribution in [0, 0.1) is 11.3 Å². The number of carbonyl (C=O) groups is 1. The van der Waals surface area contributed by atoms with Crippen LogP contribution in [0.5, 0.6) is 0 Å². The zero-order chi connectivity index (χ0) is 17.5. The first kappa shape index (κ1) is 16.9. The predicted octanol–water partition coefficient (Wildman–Crippen LogP) is 2.56. The maximum absolute atomic E-state index is 11.9. The molecule has 0 bridgehead atoms. The minimum Gasteiger partial charge on any atom is -0.337 e. The highest BCUT2D eigenvalue weighted by Gasteiger charge is 2.23. The fourth-order valence-corrected chi connectivity index (χ4v) is 3.07. The summed E-state index contributed by atoms with van der Waals surface area (Å²) in [5.74, 6) is 0.583. The Bertz CT molecular complexity index is 739. The molecule has 1 atom stereocenters. The first-order valence-corrected chi connectivity index (χ1v) is 8.43. The summed E-state index contributed by atoms with van der Waals surface area (Å²) < 4.78 is 0. The van der Waals surface area contributed by atoms with Gasteiger partial charge in [-0.2, -0.15) is 5.26 Å². The summed E-state index contributed by atoms with van der Waals surface area (Å²) in [7, 11) is 0. The molecule has 1 aliphatic heterocycles. The summed E-state index contributed by atoms with van der Waals surface area (Å²) in [5, 5.41) is 14.3. The molecule has 25 heavy (non-hydrogen) atoms. The van der Waals surface area contributed by atoms with Gasteiger partial charge in [-0.3, -0.25) is 0 Å². The van der Waals surface area contributed by atoms with Crippen molar-refractivity contribution >= 4 is 11.7 Å².